The zero-order valence-corrected chi connectivity index (χ0v) is 15.7. The van der Waals surface area contributed by atoms with Gasteiger partial charge >= 0.3 is 6.03 Å². The predicted octanol–water partition coefficient (Wildman–Crippen LogP) is 2.70. The van der Waals surface area contributed by atoms with Crippen LogP contribution in [0, 0.1) is 17.8 Å². The second-order valence-electron chi connectivity index (χ2n) is 8.14. The molecule has 5 unspecified atom stereocenters. The molecule has 0 bridgehead atoms. The Hall–Kier alpha value is -1.56. The summed E-state index contributed by atoms with van der Waals surface area (Å²) in [6.07, 6.45) is 8.23. The summed E-state index contributed by atoms with van der Waals surface area (Å²) < 4.78 is 1.86. The molecular formula is C19H32N4O2. The Morgan fingerprint density at radius 3 is 2.84 bits per heavy atom. The summed E-state index contributed by atoms with van der Waals surface area (Å²) in [6, 6.07) is 0.312. The lowest BCUT2D eigenvalue weighted by Gasteiger charge is -2.38. The number of aliphatic hydroxyl groups is 1. The van der Waals surface area contributed by atoms with Crippen LogP contribution in [0.25, 0.3) is 0 Å². The fraction of sp³-hybridized carbons (Fsp3) is 0.789. The number of carbonyl (C=O) groups is 1. The molecule has 6 heteroatoms. The van der Waals surface area contributed by atoms with Crippen LogP contribution in [-0.4, -0.2) is 44.7 Å². The molecule has 1 saturated heterocycles. The van der Waals surface area contributed by atoms with Gasteiger partial charge in [0, 0.05) is 44.5 Å². The van der Waals surface area contributed by atoms with Crippen molar-refractivity contribution in [3.8, 4) is 0 Å². The number of hydrogen-bond acceptors (Lipinski definition) is 3. The third-order valence-electron chi connectivity index (χ3n) is 6.05. The molecule has 140 valence electrons. The van der Waals surface area contributed by atoms with Crippen molar-refractivity contribution in [1.82, 2.24) is 19.8 Å². The minimum Gasteiger partial charge on any atom is -0.385 e. The van der Waals surface area contributed by atoms with Crippen LogP contribution < -0.4 is 5.32 Å². The summed E-state index contributed by atoms with van der Waals surface area (Å²) >= 11 is 0. The number of rotatable bonds is 3. The minimum absolute atomic E-state index is 0.0307. The lowest BCUT2D eigenvalue weighted by molar-refractivity contribution is 0.0519. The average molecular weight is 348 g/mol. The van der Waals surface area contributed by atoms with Crippen molar-refractivity contribution in [3.05, 3.63) is 18.2 Å². The molecule has 25 heavy (non-hydrogen) atoms. The minimum atomic E-state index is -0.620. The van der Waals surface area contributed by atoms with Gasteiger partial charge in [0.15, 0.2) is 0 Å². The van der Waals surface area contributed by atoms with Crippen molar-refractivity contribution in [3.63, 3.8) is 0 Å². The summed E-state index contributed by atoms with van der Waals surface area (Å²) in [5.74, 6) is 2.02. The number of nitrogens with zero attached hydrogens (tertiary/aromatic N) is 3. The Labute approximate surface area is 150 Å². The van der Waals surface area contributed by atoms with Crippen LogP contribution in [0.3, 0.4) is 0 Å². The molecule has 0 aromatic carbocycles. The lowest BCUT2D eigenvalue weighted by atomic mass is 9.80. The Kier molecular flexibility index (Phi) is 5.67. The van der Waals surface area contributed by atoms with E-state index in [2.05, 4.69) is 24.1 Å². The summed E-state index contributed by atoms with van der Waals surface area (Å²) in [5, 5.41) is 13.9. The molecule has 1 aromatic rings. The number of amides is 2. The second kappa shape index (κ2) is 7.77. The number of urea groups is 1. The van der Waals surface area contributed by atoms with E-state index in [0.29, 0.717) is 18.3 Å². The first-order valence-electron chi connectivity index (χ1n) is 9.66. The van der Waals surface area contributed by atoms with Crippen molar-refractivity contribution in [2.45, 2.75) is 58.1 Å². The highest BCUT2D eigenvalue weighted by molar-refractivity contribution is 5.74. The zero-order chi connectivity index (χ0) is 18.0. The van der Waals surface area contributed by atoms with Gasteiger partial charge in [0.1, 0.15) is 11.9 Å². The molecular weight excluding hydrogens is 316 g/mol. The van der Waals surface area contributed by atoms with Crippen molar-refractivity contribution < 1.29 is 9.90 Å². The largest absolute Gasteiger partial charge is 0.385 e. The van der Waals surface area contributed by atoms with E-state index in [4.69, 9.17) is 0 Å². The number of likely N-dealkylation sites (tertiary alicyclic amines) is 1. The Bertz CT molecular complexity index is 588. The molecule has 2 heterocycles. The first-order chi connectivity index (χ1) is 12.0. The third kappa shape index (κ3) is 4.17. The molecule has 1 saturated carbocycles. The molecule has 1 aliphatic heterocycles. The van der Waals surface area contributed by atoms with Crippen LogP contribution in [0.1, 0.15) is 57.9 Å². The molecule has 2 fully saturated rings. The van der Waals surface area contributed by atoms with E-state index >= 15 is 0 Å². The van der Waals surface area contributed by atoms with Crippen molar-refractivity contribution >= 4 is 6.03 Å². The Morgan fingerprint density at radius 1 is 1.36 bits per heavy atom. The number of hydrogen-bond donors (Lipinski definition) is 2. The maximum Gasteiger partial charge on any atom is 0.317 e. The number of piperidine rings is 1. The van der Waals surface area contributed by atoms with Gasteiger partial charge in [-0.25, -0.2) is 9.78 Å². The van der Waals surface area contributed by atoms with Gasteiger partial charge in [-0.2, -0.15) is 0 Å². The molecule has 0 spiro atoms. The van der Waals surface area contributed by atoms with Crippen molar-refractivity contribution in [1.29, 1.82) is 0 Å². The fourth-order valence-corrected chi connectivity index (χ4v) is 4.45. The molecule has 3 rings (SSSR count). The standard InChI is InChI=1S/C19H32N4O2/c1-13-6-7-16(14(2)11-13)21-19(25)23-9-4-5-15(12-23)17(24)18-20-8-10-22(18)3/h8,10,13-17,24H,4-7,9,11-12H2,1-3H3,(H,21,25). The van der Waals surface area contributed by atoms with Gasteiger partial charge in [0.05, 0.1) is 0 Å². The highest BCUT2D eigenvalue weighted by atomic mass is 16.3. The van der Waals surface area contributed by atoms with Gasteiger partial charge in [0.25, 0.3) is 0 Å². The van der Waals surface area contributed by atoms with E-state index in [9.17, 15) is 9.90 Å². The molecule has 0 radical (unpaired) electrons. The van der Waals surface area contributed by atoms with Crippen LogP contribution in [-0.2, 0) is 7.05 Å². The lowest BCUT2D eigenvalue weighted by Crippen LogP contribution is -2.51. The van der Waals surface area contributed by atoms with Crippen LogP contribution in [0.4, 0.5) is 4.79 Å². The summed E-state index contributed by atoms with van der Waals surface area (Å²) in [6.45, 7) is 5.90. The average Bonchev–Trinajstić information content (AvgIpc) is 3.02. The third-order valence-corrected chi connectivity index (χ3v) is 6.05. The van der Waals surface area contributed by atoms with Gasteiger partial charge in [-0.05, 0) is 43.9 Å². The van der Waals surface area contributed by atoms with E-state index in [0.717, 1.165) is 31.7 Å². The number of nitrogens with one attached hydrogen (secondary N) is 1. The van der Waals surface area contributed by atoms with Gasteiger partial charge in [-0.3, -0.25) is 0 Å². The molecule has 2 amide bonds. The maximum absolute atomic E-state index is 12.7. The molecule has 2 N–H and O–H groups in total. The van der Waals surface area contributed by atoms with E-state index in [1.807, 2.05) is 22.7 Å². The van der Waals surface area contributed by atoms with Crippen molar-refractivity contribution in [2.75, 3.05) is 13.1 Å². The number of aliphatic hydroxyl groups excluding tert-OH is 1. The normalized spacial score (nSPS) is 31.6. The highest BCUT2D eigenvalue weighted by Gasteiger charge is 2.33. The summed E-state index contributed by atoms with van der Waals surface area (Å²) in [7, 11) is 1.89. The molecule has 1 aliphatic carbocycles. The SMILES string of the molecule is CC1CCC(NC(=O)N2CCCC(C(O)c3nccn3C)C2)C(C)C1. The first-order valence-corrected chi connectivity index (χ1v) is 9.66. The first kappa shape index (κ1) is 18.2. The maximum atomic E-state index is 12.7. The quantitative estimate of drug-likeness (QED) is 0.882. The molecule has 5 atom stereocenters. The fourth-order valence-electron chi connectivity index (χ4n) is 4.45. The molecule has 2 aliphatic rings. The number of carbonyl (C=O) groups excluding carboxylic acids is 1. The van der Waals surface area contributed by atoms with Crippen LogP contribution in [0.5, 0.6) is 0 Å². The van der Waals surface area contributed by atoms with Crippen molar-refractivity contribution in [2.24, 2.45) is 24.8 Å². The summed E-state index contributed by atoms with van der Waals surface area (Å²) in [5.41, 5.74) is 0. The van der Waals surface area contributed by atoms with Crippen LogP contribution >= 0.6 is 0 Å². The van der Waals surface area contributed by atoms with E-state index in [-0.39, 0.29) is 18.0 Å². The number of aryl methyl sites for hydroxylation is 1. The molecule has 1 aromatic heterocycles. The zero-order valence-electron chi connectivity index (χ0n) is 15.7. The smallest absolute Gasteiger partial charge is 0.317 e. The summed E-state index contributed by atoms with van der Waals surface area (Å²) in [4.78, 5) is 18.9. The monoisotopic (exact) mass is 348 g/mol. The van der Waals surface area contributed by atoms with E-state index < -0.39 is 6.10 Å². The highest BCUT2D eigenvalue weighted by Crippen LogP contribution is 2.30. The topological polar surface area (TPSA) is 70.4 Å². The van der Waals surface area contributed by atoms with Gasteiger partial charge in [0.2, 0.25) is 0 Å². The van der Waals surface area contributed by atoms with E-state index in [1.54, 1.807) is 6.20 Å². The predicted molar refractivity (Wildman–Crippen MR) is 97.0 cm³/mol. The Morgan fingerprint density at radius 2 is 2.16 bits per heavy atom. The van der Waals surface area contributed by atoms with Crippen LogP contribution in [0.15, 0.2) is 12.4 Å². The van der Waals surface area contributed by atoms with Crippen LogP contribution in [0.2, 0.25) is 0 Å². The molecule has 6 nitrogen and oxygen atoms in total. The number of imidazole rings is 1. The number of aromatic nitrogens is 2. The van der Waals surface area contributed by atoms with Gasteiger partial charge in [-0.1, -0.05) is 13.8 Å². The Balaban J connectivity index is 1.57. The van der Waals surface area contributed by atoms with Gasteiger partial charge < -0.3 is 19.9 Å². The van der Waals surface area contributed by atoms with Gasteiger partial charge in [-0.15, -0.1) is 0 Å². The second-order valence-corrected chi connectivity index (χ2v) is 8.14. The van der Waals surface area contributed by atoms with E-state index in [1.165, 1.54) is 12.8 Å².